The maximum atomic E-state index is 12.0. The summed E-state index contributed by atoms with van der Waals surface area (Å²) in [6, 6.07) is 3.28. The van der Waals surface area contributed by atoms with E-state index in [1.54, 1.807) is 19.1 Å². The number of imidazole rings is 1. The number of fused-ring (bicyclic) bond motifs is 1. The number of sulfonamides is 1. The first-order valence-electron chi connectivity index (χ1n) is 4.72. The van der Waals surface area contributed by atoms with Crippen LogP contribution < -0.4 is 0 Å². The molecule has 16 heavy (non-hydrogen) atoms. The lowest BCUT2D eigenvalue weighted by Crippen LogP contribution is -2.23. The third kappa shape index (κ3) is 1.50. The molecule has 2 aromatic rings. The van der Waals surface area contributed by atoms with E-state index in [0.29, 0.717) is 11.1 Å². The summed E-state index contributed by atoms with van der Waals surface area (Å²) in [4.78, 5) is 7.09. The van der Waals surface area contributed by atoms with Gasteiger partial charge in [-0.05, 0) is 24.6 Å². The lowest BCUT2D eigenvalue weighted by Gasteiger charge is -2.13. The van der Waals surface area contributed by atoms with Gasteiger partial charge in [-0.1, -0.05) is 0 Å². The van der Waals surface area contributed by atoms with Crippen molar-refractivity contribution in [2.75, 3.05) is 14.1 Å². The molecule has 6 heteroatoms. The summed E-state index contributed by atoms with van der Waals surface area (Å²) in [6.07, 6.45) is 2.60. The molecule has 0 saturated carbocycles. The Morgan fingerprint density at radius 3 is 2.69 bits per heavy atom. The molecule has 0 bridgehead atoms. The Morgan fingerprint density at radius 1 is 1.38 bits per heavy atom. The van der Waals surface area contributed by atoms with Gasteiger partial charge in [0.2, 0.25) is 10.0 Å². The fourth-order valence-corrected chi connectivity index (χ4v) is 2.66. The fraction of sp³-hybridized carbons (Fsp3) is 0.300. The van der Waals surface area contributed by atoms with Crippen molar-refractivity contribution in [3.63, 3.8) is 0 Å². The number of H-pyrrole nitrogens is 1. The number of nitrogens with one attached hydrogen (secondary N) is 1. The highest BCUT2D eigenvalue weighted by Gasteiger charge is 2.21. The van der Waals surface area contributed by atoms with Crippen molar-refractivity contribution in [2.45, 2.75) is 11.8 Å². The number of rotatable bonds is 2. The second-order valence-corrected chi connectivity index (χ2v) is 5.84. The first kappa shape index (κ1) is 11.1. The van der Waals surface area contributed by atoms with Gasteiger partial charge in [0.25, 0.3) is 0 Å². The average molecular weight is 238 g/mol. The number of aromatic nitrogens is 2. The van der Waals surface area contributed by atoms with Crippen molar-refractivity contribution in [1.29, 1.82) is 0 Å². The molecule has 85 valence electrons. The van der Waals surface area contributed by atoms with E-state index in [0.717, 1.165) is 5.52 Å². The molecule has 0 saturated heterocycles. The molecule has 1 aromatic heterocycles. The summed E-state index contributed by atoms with van der Waals surface area (Å²) in [5, 5.41) is 0. The van der Waals surface area contributed by atoms with Gasteiger partial charge in [0, 0.05) is 14.1 Å². The van der Waals surface area contributed by atoms with Crippen molar-refractivity contribution in [2.24, 2.45) is 0 Å². The quantitative estimate of drug-likeness (QED) is 0.846. The predicted molar refractivity (Wildman–Crippen MR) is 60.5 cm³/mol. The number of aryl methyl sites for hydroxylation is 1. The highest BCUT2D eigenvalue weighted by Crippen LogP contribution is 2.23. The fourth-order valence-electron chi connectivity index (χ4n) is 1.55. The Bertz CT molecular complexity index is 629. The third-order valence-corrected chi connectivity index (χ3v) is 4.46. The van der Waals surface area contributed by atoms with Crippen LogP contribution in [0.1, 0.15) is 5.56 Å². The van der Waals surface area contributed by atoms with Gasteiger partial charge in [0.1, 0.15) is 0 Å². The number of hydrogen-bond acceptors (Lipinski definition) is 3. The number of benzene rings is 1. The molecule has 0 aliphatic carbocycles. The molecule has 5 nitrogen and oxygen atoms in total. The SMILES string of the molecule is Cc1c(S(=O)(=O)N(C)C)ccc2[nH][c]nc12. The topological polar surface area (TPSA) is 66.1 Å². The van der Waals surface area contributed by atoms with Gasteiger partial charge >= 0.3 is 0 Å². The van der Waals surface area contributed by atoms with Crippen molar-refractivity contribution in [1.82, 2.24) is 14.3 Å². The predicted octanol–water partition coefficient (Wildman–Crippen LogP) is 0.922. The second kappa shape index (κ2) is 3.57. The average Bonchev–Trinajstić information content (AvgIpc) is 2.66. The van der Waals surface area contributed by atoms with Gasteiger partial charge in [-0.15, -0.1) is 0 Å². The van der Waals surface area contributed by atoms with E-state index in [9.17, 15) is 8.42 Å². The Hall–Kier alpha value is -1.40. The van der Waals surface area contributed by atoms with Crippen molar-refractivity contribution in [3.05, 3.63) is 24.0 Å². The zero-order valence-corrected chi connectivity index (χ0v) is 10.1. The van der Waals surface area contributed by atoms with E-state index in [-0.39, 0.29) is 4.90 Å². The summed E-state index contributed by atoms with van der Waals surface area (Å²) in [5.41, 5.74) is 2.07. The zero-order valence-electron chi connectivity index (χ0n) is 9.27. The van der Waals surface area contributed by atoms with E-state index in [4.69, 9.17) is 0 Å². The van der Waals surface area contributed by atoms with Crippen LogP contribution in [0.15, 0.2) is 17.0 Å². The summed E-state index contributed by atoms with van der Waals surface area (Å²) >= 11 is 0. The van der Waals surface area contributed by atoms with E-state index < -0.39 is 10.0 Å². The van der Waals surface area contributed by atoms with Gasteiger partial charge in [0.15, 0.2) is 6.33 Å². The first-order valence-corrected chi connectivity index (χ1v) is 6.16. The standard InChI is InChI=1S/C10H12N3O2S/c1-7-9(16(14,15)13(2)3)5-4-8-10(7)12-6-11-8/h4-5H,1-3H3,(H,11,12). The van der Waals surface area contributed by atoms with Crippen LogP contribution in [-0.4, -0.2) is 36.8 Å². The Labute approximate surface area is 94.2 Å². The van der Waals surface area contributed by atoms with Gasteiger partial charge in [-0.2, -0.15) is 0 Å². The molecular weight excluding hydrogens is 226 g/mol. The highest BCUT2D eigenvalue weighted by atomic mass is 32.2. The normalized spacial score (nSPS) is 12.5. The molecule has 0 fully saturated rings. The minimum absolute atomic E-state index is 0.283. The maximum Gasteiger partial charge on any atom is 0.242 e. The number of hydrogen-bond donors (Lipinski definition) is 1. The lowest BCUT2D eigenvalue weighted by atomic mass is 10.2. The van der Waals surface area contributed by atoms with Crippen LogP contribution in [0.2, 0.25) is 0 Å². The summed E-state index contributed by atoms with van der Waals surface area (Å²) < 4.78 is 25.2. The minimum Gasteiger partial charge on any atom is -0.335 e. The number of aromatic amines is 1. The molecule has 1 N–H and O–H groups in total. The lowest BCUT2D eigenvalue weighted by molar-refractivity contribution is 0.520. The van der Waals surface area contributed by atoms with E-state index in [2.05, 4.69) is 16.3 Å². The first-order chi connectivity index (χ1) is 7.44. The summed E-state index contributed by atoms with van der Waals surface area (Å²) in [5.74, 6) is 0. The molecule has 0 aliphatic heterocycles. The van der Waals surface area contributed by atoms with Crippen LogP contribution in [-0.2, 0) is 10.0 Å². The molecule has 0 atom stereocenters. The molecule has 0 aliphatic rings. The van der Waals surface area contributed by atoms with E-state index in [1.807, 2.05) is 0 Å². The Balaban J connectivity index is 2.76. The van der Waals surface area contributed by atoms with Crippen LogP contribution >= 0.6 is 0 Å². The van der Waals surface area contributed by atoms with Crippen molar-refractivity contribution in [3.8, 4) is 0 Å². The molecule has 2 rings (SSSR count). The second-order valence-electron chi connectivity index (χ2n) is 3.72. The van der Waals surface area contributed by atoms with Gasteiger partial charge in [0.05, 0.1) is 15.9 Å². The van der Waals surface area contributed by atoms with Crippen LogP contribution in [0, 0.1) is 13.3 Å². The van der Waals surface area contributed by atoms with Crippen LogP contribution in [0.3, 0.4) is 0 Å². The molecule has 0 unspecified atom stereocenters. The maximum absolute atomic E-state index is 12.0. The summed E-state index contributed by atoms with van der Waals surface area (Å²) in [7, 11) is -0.392. The molecular formula is C10H12N3O2S. The van der Waals surface area contributed by atoms with E-state index >= 15 is 0 Å². The van der Waals surface area contributed by atoms with Gasteiger partial charge in [-0.3, -0.25) is 0 Å². The summed E-state index contributed by atoms with van der Waals surface area (Å²) in [6.45, 7) is 1.74. The minimum atomic E-state index is -3.41. The Morgan fingerprint density at radius 2 is 2.06 bits per heavy atom. The van der Waals surface area contributed by atoms with Gasteiger partial charge in [-0.25, -0.2) is 17.7 Å². The smallest absolute Gasteiger partial charge is 0.242 e. The molecule has 1 aromatic carbocycles. The van der Waals surface area contributed by atoms with Crippen LogP contribution in [0.5, 0.6) is 0 Å². The molecule has 1 radical (unpaired) electrons. The molecule has 1 heterocycles. The van der Waals surface area contributed by atoms with E-state index in [1.165, 1.54) is 18.4 Å². The zero-order chi connectivity index (χ0) is 11.9. The van der Waals surface area contributed by atoms with Crippen LogP contribution in [0.25, 0.3) is 11.0 Å². The third-order valence-electron chi connectivity index (χ3n) is 2.50. The van der Waals surface area contributed by atoms with Gasteiger partial charge < -0.3 is 4.98 Å². The van der Waals surface area contributed by atoms with Crippen molar-refractivity contribution < 1.29 is 8.42 Å². The monoisotopic (exact) mass is 238 g/mol. The largest absolute Gasteiger partial charge is 0.335 e. The van der Waals surface area contributed by atoms with Crippen LogP contribution in [0.4, 0.5) is 0 Å². The number of nitrogens with zero attached hydrogens (tertiary/aromatic N) is 2. The highest BCUT2D eigenvalue weighted by molar-refractivity contribution is 7.89. The Kier molecular flexibility index (Phi) is 2.47. The molecule has 0 spiro atoms. The molecule has 0 amide bonds. The van der Waals surface area contributed by atoms with Crippen molar-refractivity contribution >= 4 is 21.1 Å².